The Morgan fingerprint density at radius 2 is 2.33 bits per heavy atom. The van der Waals surface area contributed by atoms with Gasteiger partial charge in [-0.1, -0.05) is 22.8 Å². The number of benzene rings is 1. The Balaban J connectivity index is 1.85. The van der Waals surface area contributed by atoms with Gasteiger partial charge in [-0.05, 0) is 18.2 Å². The van der Waals surface area contributed by atoms with Gasteiger partial charge in [-0.2, -0.15) is 4.98 Å². The molecule has 6 heteroatoms. The van der Waals surface area contributed by atoms with E-state index in [1.807, 2.05) is 12.1 Å². The van der Waals surface area contributed by atoms with Gasteiger partial charge in [0.25, 0.3) is 0 Å². The number of carbonyl (C=O) groups excluding carboxylic acids is 1. The predicted octanol–water partition coefficient (Wildman–Crippen LogP) is 2.24. The summed E-state index contributed by atoms with van der Waals surface area (Å²) in [5.41, 5.74) is 0.804. The van der Waals surface area contributed by atoms with Crippen LogP contribution in [0.4, 0.5) is 5.69 Å². The van der Waals surface area contributed by atoms with Gasteiger partial charge in [-0.15, -0.1) is 0 Å². The maximum absolute atomic E-state index is 12.0. The number of aromatic nitrogens is 2. The van der Waals surface area contributed by atoms with Gasteiger partial charge in [0.1, 0.15) is 0 Å². The number of anilines is 1. The number of carbonyl (C=O) groups is 1. The quantitative estimate of drug-likeness (QED) is 0.834. The standard InChI is InChI=1S/C12H10ClN3O2/c13-9-2-1-3-10(5-9)16-6-8(4-11(16)17)12-14-7-18-15-12/h1-3,5,7-8H,4,6H2. The molecule has 0 bridgehead atoms. The zero-order valence-electron chi connectivity index (χ0n) is 9.41. The smallest absolute Gasteiger partial charge is 0.227 e. The average Bonchev–Trinajstić information content (AvgIpc) is 2.97. The summed E-state index contributed by atoms with van der Waals surface area (Å²) in [4.78, 5) is 17.7. The third-order valence-corrected chi connectivity index (χ3v) is 3.22. The number of amides is 1. The fourth-order valence-electron chi connectivity index (χ4n) is 2.13. The van der Waals surface area contributed by atoms with Crippen molar-refractivity contribution in [2.24, 2.45) is 0 Å². The van der Waals surface area contributed by atoms with Gasteiger partial charge in [-0.3, -0.25) is 4.79 Å². The number of nitrogens with zero attached hydrogens (tertiary/aromatic N) is 3. The van der Waals surface area contributed by atoms with Gasteiger partial charge in [0.15, 0.2) is 5.82 Å². The molecule has 1 aliphatic heterocycles. The molecule has 0 N–H and O–H groups in total. The lowest BCUT2D eigenvalue weighted by atomic mass is 10.1. The topological polar surface area (TPSA) is 59.2 Å². The minimum absolute atomic E-state index is 0.0183. The van der Waals surface area contributed by atoms with E-state index in [4.69, 9.17) is 16.1 Å². The van der Waals surface area contributed by atoms with E-state index in [1.165, 1.54) is 6.39 Å². The first-order chi connectivity index (χ1) is 8.74. The van der Waals surface area contributed by atoms with Gasteiger partial charge in [0, 0.05) is 29.6 Å². The molecule has 0 radical (unpaired) electrons. The lowest BCUT2D eigenvalue weighted by Gasteiger charge is -2.16. The Morgan fingerprint density at radius 1 is 1.44 bits per heavy atom. The van der Waals surface area contributed by atoms with Crippen LogP contribution in [-0.2, 0) is 4.79 Å². The SMILES string of the molecule is O=C1CC(c2ncon2)CN1c1cccc(Cl)c1. The molecular weight excluding hydrogens is 254 g/mol. The fourth-order valence-corrected chi connectivity index (χ4v) is 2.32. The molecule has 1 saturated heterocycles. The number of hydrogen-bond donors (Lipinski definition) is 0. The highest BCUT2D eigenvalue weighted by molar-refractivity contribution is 6.30. The molecule has 1 amide bonds. The van der Waals surface area contributed by atoms with E-state index in [0.29, 0.717) is 23.8 Å². The van der Waals surface area contributed by atoms with Crippen molar-refractivity contribution >= 4 is 23.2 Å². The highest BCUT2D eigenvalue weighted by atomic mass is 35.5. The molecule has 18 heavy (non-hydrogen) atoms. The van der Waals surface area contributed by atoms with E-state index in [9.17, 15) is 4.79 Å². The molecule has 1 atom stereocenters. The van der Waals surface area contributed by atoms with Gasteiger partial charge < -0.3 is 9.42 Å². The minimum atomic E-state index is -0.0183. The van der Waals surface area contributed by atoms with Crippen LogP contribution in [0.1, 0.15) is 18.2 Å². The summed E-state index contributed by atoms with van der Waals surface area (Å²) >= 11 is 5.93. The van der Waals surface area contributed by atoms with Crippen molar-refractivity contribution in [2.75, 3.05) is 11.4 Å². The maximum Gasteiger partial charge on any atom is 0.227 e. The second kappa shape index (κ2) is 4.42. The summed E-state index contributed by atoms with van der Waals surface area (Å²) in [6, 6.07) is 7.25. The summed E-state index contributed by atoms with van der Waals surface area (Å²) in [6.07, 6.45) is 1.67. The van der Waals surface area contributed by atoms with Crippen molar-refractivity contribution in [3.05, 3.63) is 41.5 Å². The van der Waals surface area contributed by atoms with E-state index in [0.717, 1.165) is 5.69 Å². The molecule has 2 heterocycles. The Hall–Kier alpha value is -1.88. The molecule has 1 unspecified atom stereocenters. The maximum atomic E-state index is 12.0. The van der Waals surface area contributed by atoms with Crippen molar-refractivity contribution < 1.29 is 9.32 Å². The third-order valence-electron chi connectivity index (χ3n) is 2.99. The van der Waals surface area contributed by atoms with Gasteiger partial charge in [0.2, 0.25) is 12.3 Å². The molecule has 0 aliphatic carbocycles. The van der Waals surface area contributed by atoms with Crippen LogP contribution < -0.4 is 4.90 Å². The van der Waals surface area contributed by atoms with Crippen LogP contribution in [0.25, 0.3) is 0 Å². The lowest BCUT2D eigenvalue weighted by Crippen LogP contribution is -2.24. The van der Waals surface area contributed by atoms with Crippen molar-refractivity contribution in [3.8, 4) is 0 Å². The van der Waals surface area contributed by atoms with E-state index in [2.05, 4.69) is 10.1 Å². The molecule has 92 valence electrons. The van der Waals surface area contributed by atoms with E-state index < -0.39 is 0 Å². The van der Waals surface area contributed by atoms with Crippen LogP contribution in [0.3, 0.4) is 0 Å². The molecule has 1 aliphatic rings. The van der Waals surface area contributed by atoms with Gasteiger partial charge in [0.05, 0.1) is 0 Å². The van der Waals surface area contributed by atoms with Crippen molar-refractivity contribution in [3.63, 3.8) is 0 Å². The summed E-state index contributed by atoms with van der Waals surface area (Å²) in [5.74, 6) is 0.607. The highest BCUT2D eigenvalue weighted by Crippen LogP contribution is 2.31. The number of rotatable bonds is 2. The molecule has 1 aromatic carbocycles. The minimum Gasteiger partial charge on any atom is -0.343 e. The molecule has 0 saturated carbocycles. The molecule has 2 aromatic rings. The van der Waals surface area contributed by atoms with Crippen LogP contribution in [0.2, 0.25) is 5.02 Å². The molecule has 1 fully saturated rings. The Bertz CT molecular complexity index is 570. The van der Waals surface area contributed by atoms with Crippen LogP contribution in [0.15, 0.2) is 35.2 Å². The van der Waals surface area contributed by atoms with Crippen LogP contribution >= 0.6 is 11.6 Å². The van der Waals surface area contributed by atoms with Crippen LogP contribution in [-0.4, -0.2) is 22.6 Å². The van der Waals surface area contributed by atoms with Crippen LogP contribution in [0.5, 0.6) is 0 Å². The lowest BCUT2D eigenvalue weighted by molar-refractivity contribution is -0.117. The average molecular weight is 264 g/mol. The third kappa shape index (κ3) is 1.97. The summed E-state index contributed by atoms with van der Waals surface area (Å²) < 4.78 is 4.71. The largest absolute Gasteiger partial charge is 0.343 e. The van der Waals surface area contributed by atoms with Crippen LogP contribution in [0, 0.1) is 0 Å². The fraction of sp³-hybridized carbons (Fsp3) is 0.250. The molecule has 3 rings (SSSR count). The van der Waals surface area contributed by atoms with Crippen molar-refractivity contribution in [1.82, 2.24) is 10.1 Å². The molecule has 0 spiro atoms. The zero-order chi connectivity index (χ0) is 12.5. The van der Waals surface area contributed by atoms with Gasteiger partial charge in [-0.25, -0.2) is 0 Å². The number of halogens is 1. The summed E-state index contributed by atoms with van der Waals surface area (Å²) in [5, 5.41) is 4.40. The summed E-state index contributed by atoms with van der Waals surface area (Å²) in [6.45, 7) is 0.554. The molecular formula is C12H10ClN3O2. The first kappa shape index (κ1) is 11.2. The normalized spacial score (nSPS) is 19.5. The second-order valence-corrected chi connectivity index (χ2v) is 4.61. The first-order valence-electron chi connectivity index (χ1n) is 5.56. The Kier molecular flexibility index (Phi) is 2.76. The predicted molar refractivity (Wildman–Crippen MR) is 65.5 cm³/mol. The van der Waals surface area contributed by atoms with Gasteiger partial charge >= 0.3 is 0 Å². The highest BCUT2D eigenvalue weighted by Gasteiger charge is 2.33. The van der Waals surface area contributed by atoms with E-state index in [1.54, 1.807) is 17.0 Å². The Morgan fingerprint density at radius 3 is 3.06 bits per heavy atom. The molecule has 1 aromatic heterocycles. The second-order valence-electron chi connectivity index (χ2n) is 4.17. The van der Waals surface area contributed by atoms with Crippen molar-refractivity contribution in [2.45, 2.75) is 12.3 Å². The monoisotopic (exact) mass is 263 g/mol. The van der Waals surface area contributed by atoms with Crippen molar-refractivity contribution in [1.29, 1.82) is 0 Å². The molecule has 5 nitrogen and oxygen atoms in total. The Labute approximate surface area is 108 Å². The zero-order valence-corrected chi connectivity index (χ0v) is 10.2. The first-order valence-corrected chi connectivity index (χ1v) is 5.94. The van der Waals surface area contributed by atoms with E-state index in [-0.39, 0.29) is 11.8 Å². The number of hydrogen-bond acceptors (Lipinski definition) is 4. The summed E-state index contributed by atoms with van der Waals surface area (Å²) in [7, 11) is 0. The van der Waals surface area contributed by atoms with E-state index >= 15 is 0 Å².